The summed E-state index contributed by atoms with van der Waals surface area (Å²) in [4.78, 5) is 23.1. The molecule has 0 heterocycles. The van der Waals surface area contributed by atoms with Crippen molar-refractivity contribution in [1.82, 2.24) is 10.6 Å². The molecule has 5 nitrogen and oxygen atoms in total. The van der Waals surface area contributed by atoms with Crippen LogP contribution in [0, 0.1) is 5.82 Å². The first-order valence-electron chi connectivity index (χ1n) is 6.36. The maximum atomic E-state index is 12.7. The highest BCUT2D eigenvalue weighted by atomic mass is 32.2. The van der Waals surface area contributed by atoms with Crippen LogP contribution in [0.15, 0.2) is 24.3 Å². The van der Waals surface area contributed by atoms with E-state index in [-0.39, 0.29) is 18.9 Å². The second-order valence-electron chi connectivity index (χ2n) is 4.92. The van der Waals surface area contributed by atoms with Gasteiger partial charge in [-0.25, -0.2) is 4.39 Å². The second-order valence-corrected chi connectivity index (χ2v) is 5.79. The molecule has 0 fully saturated rings. The average molecular weight is 314 g/mol. The third-order valence-corrected chi connectivity index (χ3v) is 3.57. The van der Waals surface area contributed by atoms with Gasteiger partial charge in [0.05, 0.1) is 5.60 Å². The van der Waals surface area contributed by atoms with Crippen molar-refractivity contribution in [2.45, 2.75) is 19.1 Å². The Hall–Kier alpha value is -1.60. The van der Waals surface area contributed by atoms with Crippen molar-refractivity contribution >= 4 is 23.6 Å². The molecule has 0 bridgehead atoms. The van der Waals surface area contributed by atoms with E-state index in [9.17, 15) is 19.1 Å². The van der Waals surface area contributed by atoms with Gasteiger partial charge in [-0.05, 0) is 30.9 Å². The molecule has 116 valence electrons. The zero-order chi connectivity index (χ0) is 15.9. The summed E-state index contributed by atoms with van der Waals surface area (Å²) in [5.74, 6) is -1.51. The first kappa shape index (κ1) is 17.5. The fourth-order valence-electron chi connectivity index (χ4n) is 1.58. The molecule has 0 aromatic heterocycles. The summed E-state index contributed by atoms with van der Waals surface area (Å²) < 4.78 is 12.7. The summed E-state index contributed by atoms with van der Waals surface area (Å²) in [5.41, 5.74) is -0.376. The van der Waals surface area contributed by atoms with Crippen molar-refractivity contribution in [2.24, 2.45) is 0 Å². The van der Waals surface area contributed by atoms with E-state index in [4.69, 9.17) is 0 Å². The van der Waals surface area contributed by atoms with Gasteiger partial charge in [0.1, 0.15) is 5.82 Å². The number of nitrogens with one attached hydrogen (secondary N) is 2. The summed E-state index contributed by atoms with van der Waals surface area (Å²) in [6.07, 6.45) is 1.84. The smallest absolute Gasteiger partial charge is 0.309 e. The number of hydrogen-bond acceptors (Lipinski definition) is 4. The number of carbonyl (C=O) groups excluding carboxylic acids is 2. The molecule has 1 rings (SSSR count). The average Bonchev–Trinajstić information content (AvgIpc) is 2.44. The number of halogens is 1. The Bertz CT molecular complexity index is 491. The molecule has 0 aliphatic heterocycles. The molecule has 0 spiro atoms. The van der Waals surface area contributed by atoms with E-state index >= 15 is 0 Å². The Kier molecular flexibility index (Phi) is 6.64. The van der Waals surface area contributed by atoms with Crippen molar-refractivity contribution in [3.8, 4) is 0 Å². The van der Waals surface area contributed by atoms with Crippen LogP contribution in [0.2, 0.25) is 0 Å². The largest absolute Gasteiger partial charge is 0.387 e. The van der Waals surface area contributed by atoms with Crippen LogP contribution < -0.4 is 10.6 Å². The summed E-state index contributed by atoms with van der Waals surface area (Å²) >= 11 is 1.44. The molecule has 0 aliphatic rings. The molecule has 1 atom stereocenters. The fraction of sp³-hybridized carbons (Fsp3) is 0.429. The molecule has 1 aromatic rings. The van der Waals surface area contributed by atoms with Crippen molar-refractivity contribution in [2.75, 3.05) is 18.6 Å². The Morgan fingerprint density at radius 1 is 1.24 bits per heavy atom. The number of thioether (sulfide) groups is 1. The first-order valence-corrected chi connectivity index (χ1v) is 7.75. The van der Waals surface area contributed by atoms with Gasteiger partial charge in [-0.3, -0.25) is 9.59 Å². The SMILES string of the molecule is CSC[C@@](C)(O)CNC(=O)C(=O)NCc1ccc(F)cc1. The normalized spacial score (nSPS) is 13.3. The van der Waals surface area contributed by atoms with Crippen LogP contribution >= 0.6 is 11.8 Å². The highest BCUT2D eigenvalue weighted by molar-refractivity contribution is 7.98. The zero-order valence-corrected chi connectivity index (χ0v) is 12.8. The van der Waals surface area contributed by atoms with Crippen LogP contribution in [-0.4, -0.2) is 41.1 Å². The minimum absolute atomic E-state index is 0.00333. The van der Waals surface area contributed by atoms with E-state index < -0.39 is 17.4 Å². The van der Waals surface area contributed by atoms with E-state index in [1.165, 1.54) is 36.0 Å². The maximum absolute atomic E-state index is 12.7. The van der Waals surface area contributed by atoms with Gasteiger partial charge < -0.3 is 15.7 Å². The fourth-order valence-corrected chi connectivity index (χ4v) is 2.30. The molecule has 0 saturated heterocycles. The van der Waals surface area contributed by atoms with Crippen LogP contribution in [-0.2, 0) is 16.1 Å². The molecule has 0 radical (unpaired) electrons. The maximum Gasteiger partial charge on any atom is 0.309 e. The van der Waals surface area contributed by atoms with Crippen molar-refractivity contribution in [3.05, 3.63) is 35.6 Å². The van der Waals surface area contributed by atoms with Crippen molar-refractivity contribution < 1.29 is 19.1 Å². The Morgan fingerprint density at radius 3 is 2.38 bits per heavy atom. The van der Waals surface area contributed by atoms with Crippen LogP contribution in [0.1, 0.15) is 12.5 Å². The molecule has 3 N–H and O–H groups in total. The summed E-state index contributed by atoms with van der Waals surface area (Å²) in [7, 11) is 0. The summed E-state index contributed by atoms with van der Waals surface area (Å²) in [5, 5.41) is 14.7. The Balaban J connectivity index is 2.37. The van der Waals surface area contributed by atoms with Crippen LogP contribution in [0.5, 0.6) is 0 Å². The molecule has 0 unspecified atom stereocenters. The van der Waals surface area contributed by atoms with Gasteiger partial charge in [-0.2, -0.15) is 11.8 Å². The van der Waals surface area contributed by atoms with Gasteiger partial charge in [0.15, 0.2) is 0 Å². The Morgan fingerprint density at radius 2 is 1.81 bits per heavy atom. The topological polar surface area (TPSA) is 78.4 Å². The zero-order valence-electron chi connectivity index (χ0n) is 12.0. The lowest BCUT2D eigenvalue weighted by Crippen LogP contribution is -2.47. The third-order valence-electron chi connectivity index (χ3n) is 2.66. The monoisotopic (exact) mass is 314 g/mol. The van der Waals surface area contributed by atoms with E-state index in [2.05, 4.69) is 10.6 Å². The summed E-state index contributed by atoms with van der Waals surface area (Å²) in [6, 6.07) is 5.61. The standard InChI is InChI=1S/C14H19FN2O3S/c1-14(20,9-21-2)8-17-13(19)12(18)16-7-10-3-5-11(15)6-4-10/h3-6,20H,7-9H2,1-2H3,(H,16,18)(H,17,19)/t14-/m0/s1. The predicted molar refractivity (Wildman–Crippen MR) is 80.3 cm³/mol. The highest BCUT2D eigenvalue weighted by Crippen LogP contribution is 2.08. The molecule has 2 amide bonds. The Labute approximate surface area is 127 Å². The van der Waals surface area contributed by atoms with Crippen LogP contribution in [0.4, 0.5) is 4.39 Å². The van der Waals surface area contributed by atoms with E-state index in [0.717, 1.165) is 0 Å². The van der Waals surface area contributed by atoms with Gasteiger partial charge in [0, 0.05) is 18.8 Å². The molecule has 1 aromatic carbocycles. The van der Waals surface area contributed by atoms with E-state index in [0.29, 0.717) is 11.3 Å². The molecule has 7 heteroatoms. The number of hydrogen-bond donors (Lipinski definition) is 3. The molecular formula is C14H19FN2O3S. The van der Waals surface area contributed by atoms with Crippen LogP contribution in [0.25, 0.3) is 0 Å². The number of aliphatic hydroxyl groups is 1. The second kappa shape index (κ2) is 7.99. The quantitative estimate of drug-likeness (QED) is 0.675. The lowest BCUT2D eigenvalue weighted by molar-refractivity contribution is -0.139. The minimum atomic E-state index is -1.06. The predicted octanol–water partition coefficient (Wildman–Crippen LogP) is 0.672. The van der Waals surface area contributed by atoms with Gasteiger partial charge in [0.2, 0.25) is 0 Å². The molecule has 0 saturated carbocycles. The van der Waals surface area contributed by atoms with Gasteiger partial charge in [-0.15, -0.1) is 0 Å². The van der Waals surface area contributed by atoms with Crippen molar-refractivity contribution in [1.29, 1.82) is 0 Å². The number of rotatable bonds is 6. The third kappa shape index (κ3) is 6.59. The van der Waals surface area contributed by atoms with Gasteiger partial charge >= 0.3 is 11.8 Å². The molecule has 21 heavy (non-hydrogen) atoms. The van der Waals surface area contributed by atoms with Gasteiger partial charge in [-0.1, -0.05) is 12.1 Å². The van der Waals surface area contributed by atoms with Gasteiger partial charge in [0.25, 0.3) is 0 Å². The number of carbonyl (C=O) groups is 2. The molecular weight excluding hydrogens is 295 g/mol. The van der Waals surface area contributed by atoms with E-state index in [1.54, 1.807) is 6.92 Å². The highest BCUT2D eigenvalue weighted by Gasteiger charge is 2.22. The van der Waals surface area contributed by atoms with Crippen molar-refractivity contribution in [3.63, 3.8) is 0 Å². The summed E-state index contributed by atoms with van der Waals surface area (Å²) in [6.45, 7) is 1.71. The molecule has 0 aliphatic carbocycles. The van der Waals surface area contributed by atoms with Crippen LogP contribution in [0.3, 0.4) is 0 Å². The first-order chi connectivity index (χ1) is 9.84. The lowest BCUT2D eigenvalue weighted by atomic mass is 10.1. The minimum Gasteiger partial charge on any atom is -0.387 e. The lowest BCUT2D eigenvalue weighted by Gasteiger charge is -2.22. The number of amides is 2. The van der Waals surface area contributed by atoms with E-state index in [1.807, 2.05) is 6.26 Å². The number of benzene rings is 1.